The van der Waals surface area contributed by atoms with E-state index in [2.05, 4.69) is 16.3 Å². The lowest BCUT2D eigenvalue weighted by molar-refractivity contribution is 0.102. The molecule has 1 saturated heterocycles. The quantitative estimate of drug-likeness (QED) is 0.860. The molecule has 1 fully saturated rings. The molecule has 2 aliphatic heterocycles. The molecule has 150 valence electrons. The molecule has 0 radical (unpaired) electrons. The first-order chi connectivity index (χ1) is 14.2. The topological polar surface area (TPSA) is 87.5 Å². The van der Waals surface area contributed by atoms with E-state index < -0.39 is 0 Å². The summed E-state index contributed by atoms with van der Waals surface area (Å²) in [6, 6.07) is 10.9. The fraction of sp³-hybridized carbons (Fsp3) is 0.409. The summed E-state index contributed by atoms with van der Waals surface area (Å²) in [5.41, 5.74) is 3.61. The standard InChI is InChI=1S/C22H24N4O3/c1-28-17-5-8-26(14-17)21-12-19(18-6-9-29-10-7-20(18)25-21)22(27)24-16-4-2-3-15(11-16)13-23/h2-4,11-12,17H,5-10,14H2,1H3,(H,24,27)/t17-/m0/s1. The second-order valence-corrected chi connectivity index (χ2v) is 7.30. The van der Waals surface area contributed by atoms with E-state index in [0.717, 1.165) is 36.6 Å². The van der Waals surface area contributed by atoms with Crippen LogP contribution >= 0.6 is 0 Å². The number of aromatic nitrogens is 1. The number of pyridine rings is 1. The molecule has 0 bridgehead atoms. The summed E-state index contributed by atoms with van der Waals surface area (Å²) in [4.78, 5) is 20.2. The van der Waals surface area contributed by atoms with Gasteiger partial charge in [0.15, 0.2) is 0 Å². The molecule has 3 heterocycles. The van der Waals surface area contributed by atoms with E-state index >= 15 is 0 Å². The zero-order chi connectivity index (χ0) is 20.2. The number of anilines is 2. The van der Waals surface area contributed by atoms with Gasteiger partial charge in [-0.15, -0.1) is 0 Å². The van der Waals surface area contributed by atoms with E-state index in [0.29, 0.717) is 42.9 Å². The minimum Gasteiger partial charge on any atom is -0.381 e. The lowest BCUT2D eigenvalue weighted by Gasteiger charge is -2.21. The fourth-order valence-corrected chi connectivity index (χ4v) is 3.90. The van der Waals surface area contributed by atoms with Crippen molar-refractivity contribution in [2.75, 3.05) is 43.6 Å². The Labute approximate surface area is 170 Å². The van der Waals surface area contributed by atoms with Gasteiger partial charge in [0, 0.05) is 43.6 Å². The van der Waals surface area contributed by atoms with E-state index in [1.54, 1.807) is 31.4 Å². The molecule has 0 unspecified atom stereocenters. The van der Waals surface area contributed by atoms with Gasteiger partial charge in [-0.1, -0.05) is 6.07 Å². The van der Waals surface area contributed by atoms with E-state index in [9.17, 15) is 4.79 Å². The summed E-state index contributed by atoms with van der Waals surface area (Å²) in [7, 11) is 1.73. The molecule has 0 spiro atoms. The van der Waals surface area contributed by atoms with Crippen LogP contribution in [0.15, 0.2) is 30.3 Å². The predicted octanol–water partition coefficient (Wildman–Crippen LogP) is 2.55. The smallest absolute Gasteiger partial charge is 0.256 e. The van der Waals surface area contributed by atoms with Gasteiger partial charge >= 0.3 is 0 Å². The van der Waals surface area contributed by atoms with Crippen LogP contribution in [0.5, 0.6) is 0 Å². The number of fused-ring (bicyclic) bond motifs is 1. The maximum Gasteiger partial charge on any atom is 0.256 e. The Bertz CT molecular complexity index is 954. The average Bonchev–Trinajstić information content (AvgIpc) is 3.11. The molecule has 1 aromatic heterocycles. The Morgan fingerprint density at radius 1 is 1.34 bits per heavy atom. The number of hydrogen-bond donors (Lipinski definition) is 1. The normalized spacial score (nSPS) is 18.6. The number of amides is 1. The number of nitrogens with one attached hydrogen (secondary N) is 1. The number of benzene rings is 1. The number of carbonyl (C=O) groups excluding carboxylic acids is 1. The SMILES string of the molecule is CO[C@H]1CCN(c2cc(C(=O)Nc3cccc(C#N)c3)c3c(n2)CCOCC3)C1. The van der Waals surface area contributed by atoms with E-state index in [1.165, 1.54) is 0 Å². The van der Waals surface area contributed by atoms with E-state index in [1.807, 2.05) is 6.07 Å². The van der Waals surface area contributed by atoms with Gasteiger partial charge in [0.25, 0.3) is 5.91 Å². The van der Waals surface area contributed by atoms with Crippen molar-refractivity contribution in [2.24, 2.45) is 0 Å². The number of methoxy groups -OCH3 is 1. The Hall–Kier alpha value is -2.95. The maximum absolute atomic E-state index is 13.2. The van der Waals surface area contributed by atoms with Crippen LogP contribution in [-0.2, 0) is 22.3 Å². The molecule has 2 aliphatic rings. The van der Waals surface area contributed by atoms with Crippen molar-refractivity contribution in [3.8, 4) is 6.07 Å². The second kappa shape index (κ2) is 8.60. The lowest BCUT2D eigenvalue weighted by Crippen LogP contribution is -2.25. The summed E-state index contributed by atoms with van der Waals surface area (Å²) < 4.78 is 11.1. The molecular weight excluding hydrogens is 368 g/mol. The van der Waals surface area contributed by atoms with E-state index in [4.69, 9.17) is 19.7 Å². The maximum atomic E-state index is 13.2. The van der Waals surface area contributed by atoms with Crippen LogP contribution < -0.4 is 10.2 Å². The average molecular weight is 392 g/mol. The third-order valence-corrected chi connectivity index (χ3v) is 5.47. The molecule has 7 nitrogen and oxygen atoms in total. The van der Waals surface area contributed by atoms with Crippen molar-refractivity contribution in [3.05, 3.63) is 52.7 Å². The fourth-order valence-electron chi connectivity index (χ4n) is 3.90. The molecule has 29 heavy (non-hydrogen) atoms. The number of rotatable bonds is 4. The lowest BCUT2D eigenvalue weighted by atomic mass is 10.0. The highest BCUT2D eigenvalue weighted by Gasteiger charge is 2.27. The monoisotopic (exact) mass is 392 g/mol. The van der Waals surface area contributed by atoms with Crippen LogP contribution in [-0.4, -0.2) is 50.4 Å². The molecule has 7 heteroatoms. The first kappa shape index (κ1) is 19.4. The Kier molecular flexibility index (Phi) is 5.74. The number of nitriles is 1. The first-order valence-electron chi connectivity index (χ1n) is 9.87. The minimum atomic E-state index is -0.190. The van der Waals surface area contributed by atoms with Gasteiger partial charge in [-0.3, -0.25) is 4.79 Å². The van der Waals surface area contributed by atoms with Gasteiger partial charge in [-0.05, 0) is 42.7 Å². The molecule has 1 amide bonds. The molecule has 0 saturated carbocycles. The van der Waals surface area contributed by atoms with Gasteiger partial charge in [-0.25, -0.2) is 4.98 Å². The summed E-state index contributed by atoms with van der Waals surface area (Å²) in [6.07, 6.45) is 2.48. The van der Waals surface area contributed by atoms with Gasteiger partial charge < -0.3 is 19.7 Å². The van der Waals surface area contributed by atoms with Crippen molar-refractivity contribution in [1.29, 1.82) is 5.26 Å². The zero-order valence-electron chi connectivity index (χ0n) is 16.5. The van der Waals surface area contributed by atoms with Crippen LogP contribution in [0.3, 0.4) is 0 Å². The van der Waals surface area contributed by atoms with Crippen LogP contribution in [0.2, 0.25) is 0 Å². The Morgan fingerprint density at radius 3 is 3.00 bits per heavy atom. The number of carbonyl (C=O) groups is 1. The van der Waals surface area contributed by atoms with Crippen molar-refractivity contribution in [1.82, 2.24) is 4.98 Å². The van der Waals surface area contributed by atoms with Crippen LogP contribution in [0.4, 0.5) is 11.5 Å². The molecule has 4 rings (SSSR count). The minimum absolute atomic E-state index is 0.185. The molecule has 1 N–H and O–H groups in total. The molecule has 0 aliphatic carbocycles. The Balaban J connectivity index is 1.67. The molecular formula is C22H24N4O3. The molecule has 2 aromatic rings. The highest BCUT2D eigenvalue weighted by Crippen LogP contribution is 2.27. The van der Waals surface area contributed by atoms with Gasteiger partial charge in [0.05, 0.1) is 31.0 Å². The summed E-state index contributed by atoms with van der Waals surface area (Å²) in [5, 5.41) is 12.0. The van der Waals surface area contributed by atoms with Crippen molar-refractivity contribution in [3.63, 3.8) is 0 Å². The van der Waals surface area contributed by atoms with Gasteiger partial charge in [0.2, 0.25) is 0 Å². The molecule has 1 aromatic carbocycles. The second-order valence-electron chi connectivity index (χ2n) is 7.30. The van der Waals surface area contributed by atoms with Gasteiger partial charge in [-0.2, -0.15) is 5.26 Å². The summed E-state index contributed by atoms with van der Waals surface area (Å²) >= 11 is 0. The number of nitrogens with zero attached hydrogens (tertiary/aromatic N) is 3. The van der Waals surface area contributed by atoms with Crippen molar-refractivity contribution < 1.29 is 14.3 Å². The number of ether oxygens (including phenoxy) is 2. The van der Waals surface area contributed by atoms with Crippen LogP contribution in [0.25, 0.3) is 0 Å². The highest BCUT2D eigenvalue weighted by molar-refractivity contribution is 6.06. The van der Waals surface area contributed by atoms with Crippen LogP contribution in [0.1, 0.15) is 33.6 Å². The van der Waals surface area contributed by atoms with E-state index in [-0.39, 0.29) is 12.0 Å². The molecule has 1 atom stereocenters. The summed E-state index contributed by atoms with van der Waals surface area (Å²) in [5.74, 6) is 0.616. The third kappa shape index (κ3) is 4.24. The van der Waals surface area contributed by atoms with Gasteiger partial charge in [0.1, 0.15) is 5.82 Å². The summed E-state index contributed by atoms with van der Waals surface area (Å²) in [6.45, 7) is 2.80. The zero-order valence-corrected chi connectivity index (χ0v) is 16.5. The first-order valence-corrected chi connectivity index (χ1v) is 9.87. The van der Waals surface area contributed by atoms with Crippen LogP contribution in [0, 0.1) is 11.3 Å². The predicted molar refractivity (Wildman–Crippen MR) is 109 cm³/mol. The number of hydrogen-bond acceptors (Lipinski definition) is 6. The highest BCUT2D eigenvalue weighted by atomic mass is 16.5. The third-order valence-electron chi connectivity index (χ3n) is 5.47. The van der Waals surface area contributed by atoms with Crippen molar-refractivity contribution in [2.45, 2.75) is 25.4 Å². The largest absolute Gasteiger partial charge is 0.381 e. The van der Waals surface area contributed by atoms with Crippen molar-refractivity contribution >= 4 is 17.4 Å². The Morgan fingerprint density at radius 2 is 2.21 bits per heavy atom.